The molecule has 82 valence electrons. The molecule has 0 unspecified atom stereocenters. The Hall–Kier alpha value is -0.555. The Morgan fingerprint density at radius 3 is 2.60 bits per heavy atom. The molecule has 1 rings (SSSR count). The molecular weight excluding hydrogens is 218 g/mol. The highest BCUT2D eigenvalue weighted by Gasteiger charge is 2.17. The summed E-state index contributed by atoms with van der Waals surface area (Å²) in [6, 6.07) is 2.81. The van der Waals surface area contributed by atoms with Gasteiger partial charge in [0.05, 0.1) is 6.61 Å². The number of hydrogen-bond donors (Lipinski definition) is 2. The zero-order chi connectivity index (χ0) is 11.4. The third-order valence-corrected chi connectivity index (χ3v) is 2.69. The van der Waals surface area contributed by atoms with Crippen LogP contribution in [-0.4, -0.2) is 30.5 Å². The van der Waals surface area contributed by atoms with Crippen LogP contribution in [0.3, 0.4) is 0 Å². The average molecular weight is 230 g/mol. The first-order chi connectivity index (χ1) is 7.10. The Bertz CT molecular complexity index is 346. The number of rotatable bonds is 4. The molecule has 3 nitrogen and oxygen atoms in total. The number of benzene rings is 1. The van der Waals surface area contributed by atoms with Crippen LogP contribution >= 0.6 is 11.8 Å². The molecule has 0 atom stereocenters. The molecule has 0 aliphatic carbocycles. The minimum absolute atomic E-state index is 0.111. The van der Waals surface area contributed by atoms with Crippen molar-refractivity contribution in [3.63, 3.8) is 0 Å². The highest BCUT2D eigenvalue weighted by atomic mass is 32.2. The lowest BCUT2D eigenvalue weighted by atomic mass is 9.79. The van der Waals surface area contributed by atoms with E-state index in [1.165, 1.54) is 31.0 Å². The van der Waals surface area contributed by atoms with E-state index in [2.05, 4.69) is 0 Å². The number of ether oxygens (including phenoxy) is 1. The van der Waals surface area contributed by atoms with Crippen molar-refractivity contribution in [2.24, 2.45) is 0 Å². The van der Waals surface area contributed by atoms with Crippen LogP contribution in [0.15, 0.2) is 17.0 Å². The molecule has 0 saturated carbocycles. The van der Waals surface area contributed by atoms with Crippen molar-refractivity contribution >= 4 is 24.3 Å². The zero-order valence-corrected chi connectivity index (χ0v) is 9.34. The largest absolute Gasteiger partial charge is 0.488 e. The van der Waals surface area contributed by atoms with Crippen LogP contribution in [0.2, 0.25) is 0 Å². The second-order valence-corrected chi connectivity index (χ2v) is 3.85. The quantitative estimate of drug-likeness (QED) is 0.579. The van der Waals surface area contributed by atoms with Crippen LogP contribution < -0.4 is 5.46 Å². The Morgan fingerprint density at radius 2 is 2.13 bits per heavy atom. The van der Waals surface area contributed by atoms with Gasteiger partial charge in [0.1, 0.15) is 5.82 Å². The Kier molecular flexibility index (Phi) is 4.59. The van der Waals surface area contributed by atoms with Gasteiger partial charge in [0.15, 0.2) is 0 Å². The van der Waals surface area contributed by atoms with E-state index in [9.17, 15) is 4.39 Å². The van der Waals surface area contributed by atoms with Gasteiger partial charge in [-0.1, -0.05) is 6.07 Å². The van der Waals surface area contributed by atoms with Crippen molar-refractivity contribution in [2.75, 3.05) is 13.4 Å². The molecule has 0 bridgehead atoms. The first-order valence-electron chi connectivity index (χ1n) is 4.31. The maximum atomic E-state index is 13.6. The number of methoxy groups -OCH3 is 1. The first-order valence-corrected chi connectivity index (χ1v) is 5.54. The second kappa shape index (κ2) is 5.51. The van der Waals surface area contributed by atoms with Crippen molar-refractivity contribution in [1.82, 2.24) is 0 Å². The topological polar surface area (TPSA) is 49.7 Å². The summed E-state index contributed by atoms with van der Waals surface area (Å²) in [6.07, 6.45) is 1.72. The summed E-state index contributed by atoms with van der Waals surface area (Å²) < 4.78 is 18.5. The molecule has 2 N–H and O–H groups in total. The van der Waals surface area contributed by atoms with Gasteiger partial charge in [-0.15, -0.1) is 11.8 Å². The van der Waals surface area contributed by atoms with Gasteiger partial charge in [-0.25, -0.2) is 4.39 Å². The van der Waals surface area contributed by atoms with Gasteiger partial charge in [-0.05, 0) is 17.8 Å². The summed E-state index contributed by atoms with van der Waals surface area (Å²) in [4.78, 5) is 0.382. The van der Waals surface area contributed by atoms with Gasteiger partial charge in [-0.3, -0.25) is 0 Å². The van der Waals surface area contributed by atoms with E-state index < -0.39 is 7.12 Å². The van der Waals surface area contributed by atoms with Crippen molar-refractivity contribution in [3.8, 4) is 0 Å². The summed E-state index contributed by atoms with van der Waals surface area (Å²) in [6.45, 7) is 0.111. The molecule has 0 amide bonds. The zero-order valence-electron chi connectivity index (χ0n) is 8.53. The van der Waals surface area contributed by atoms with Crippen molar-refractivity contribution in [1.29, 1.82) is 0 Å². The fraction of sp³-hybridized carbons (Fsp3) is 0.333. The third-order valence-electron chi connectivity index (χ3n) is 1.95. The van der Waals surface area contributed by atoms with Gasteiger partial charge >= 0.3 is 7.12 Å². The van der Waals surface area contributed by atoms with Crippen LogP contribution in [0.5, 0.6) is 0 Å². The van der Waals surface area contributed by atoms with E-state index in [-0.39, 0.29) is 17.9 Å². The SMILES string of the molecule is COCc1cc(B(O)O)cc(SC)c1F. The molecule has 15 heavy (non-hydrogen) atoms. The predicted octanol–water partition coefficient (Wildman–Crippen LogP) is 0.374. The minimum Gasteiger partial charge on any atom is -0.423 e. The molecule has 0 aliphatic heterocycles. The molecule has 0 spiro atoms. The van der Waals surface area contributed by atoms with E-state index in [0.717, 1.165) is 0 Å². The number of hydrogen-bond acceptors (Lipinski definition) is 4. The van der Waals surface area contributed by atoms with Crippen LogP contribution in [0.1, 0.15) is 5.56 Å². The Morgan fingerprint density at radius 1 is 1.47 bits per heavy atom. The average Bonchev–Trinajstić information content (AvgIpc) is 2.21. The van der Waals surface area contributed by atoms with Gasteiger partial charge in [0, 0.05) is 17.6 Å². The van der Waals surface area contributed by atoms with Crippen LogP contribution in [0, 0.1) is 5.82 Å². The molecule has 1 aromatic rings. The van der Waals surface area contributed by atoms with Gasteiger partial charge in [-0.2, -0.15) is 0 Å². The van der Waals surface area contributed by atoms with Gasteiger partial charge < -0.3 is 14.8 Å². The first kappa shape index (κ1) is 12.5. The monoisotopic (exact) mass is 230 g/mol. The van der Waals surface area contributed by atoms with E-state index in [1.54, 1.807) is 6.26 Å². The molecule has 0 fully saturated rings. The van der Waals surface area contributed by atoms with Crippen molar-refractivity contribution < 1.29 is 19.2 Å². The lowest BCUT2D eigenvalue weighted by molar-refractivity contribution is 0.181. The maximum Gasteiger partial charge on any atom is 0.488 e. The lowest BCUT2D eigenvalue weighted by Crippen LogP contribution is -2.30. The number of thioether (sulfide) groups is 1. The van der Waals surface area contributed by atoms with Crippen LogP contribution in [-0.2, 0) is 11.3 Å². The van der Waals surface area contributed by atoms with Crippen molar-refractivity contribution in [3.05, 3.63) is 23.5 Å². The fourth-order valence-electron chi connectivity index (χ4n) is 1.24. The molecule has 0 aliphatic rings. The molecule has 0 radical (unpaired) electrons. The Labute approximate surface area is 92.4 Å². The standard InChI is InChI=1S/C9H12BFO3S/c1-14-5-6-3-7(10(12)13)4-8(15-2)9(6)11/h3-4,12-13H,5H2,1-2H3. The van der Waals surface area contributed by atoms with E-state index in [4.69, 9.17) is 14.8 Å². The van der Waals surface area contributed by atoms with E-state index >= 15 is 0 Å². The van der Waals surface area contributed by atoms with E-state index in [1.807, 2.05) is 0 Å². The fourth-order valence-corrected chi connectivity index (χ4v) is 1.80. The Balaban J connectivity index is 3.19. The van der Waals surface area contributed by atoms with E-state index in [0.29, 0.717) is 10.5 Å². The maximum absolute atomic E-state index is 13.6. The highest BCUT2D eigenvalue weighted by Crippen LogP contribution is 2.21. The molecule has 6 heteroatoms. The summed E-state index contributed by atoms with van der Waals surface area (Å²) in [5.74, 6) is -0.367. The summed E-state index contributed by atoms with van der Waals surface area (Å²) in [7, 11) is -0.132. The molecule has 0 aromatic heterocycles. The second-order valence-electron chi connectivity index (χ2n) is 3.00. The normalized spacial score (nSPS) is 10.5. The lowest BCUT2D eigenvalue weighted by Gasteiger charge is -2.09. The molecule has 0 heterocycles. The summed E-state index contributed by atoms with van der Waals surface area (Å²) >= 11 is 1.21. The third kappa shape index (κ3) is 2.95. The van der Waals surface area contributed by atoms with Crippen LogP contribution in [0.25, 0.3) is 0 Å². The van der Waals surface area contributed by atoms with Gasteiger partial charge in [0.2, 0.25) is 0 Å². The molecular formula is C9H12BFO3S. The summed E-state index contributed by atoms with van der Waals surface area (Å²) in [5.41, 5.74) is 0.597. The highest BCUT2D eigenvalue weighted by molar-refractivity contribution is 7.98. The summed E-state index contributed by atoms with van der Waals surface area (Å²) in [5, 5.41) is 18.0. The molecule has 1 aromatic carbocycles. The van der Waals surface area contributed by atoms with Gasteiger partial charge in [0.25, 0.3) is 0 Å². The van der Waals surface area contributed by atoms with Crippen molar-refractivity contribution in [2.45, 2.75) is 11.5 Å². The predicted molar refractivity (Wildman–Crippen MR) is 58.7 cm³/mol. The molecule has 0 saturated heterocycles. The smallest absolute Gasteiger partial charge is 0.423 e. The minimum atomic E-state index is -1.59. The number of halogens is 1. The van der Waals surface area contributed by atoms with Crippen LogP contribution in [0.4, 0.5) is 4.39 Å².